The van der Waals surface area contributed by atoms with Gasteiger partial charge in [-0.25, -0.2) is 0 Å². The molecular formula is C7H11ClO2. The van der Waals surface area contributed by atoms with Crippen molar-refractivity contribution < 1.29 is 9.53 Å². The summed E-state index contributed by atoms with van der Waals surface area (Å²) in [6.45, 7) is 6.74. The number of hydrogen-bond donors (Lipinski definition) is 0. The maximum Gasteiger partial charge on any atom is 0.303 e. The Hall–Kier alpha value is -0.500. The Balaban J connectivity index is 3.83. The summed E-state index contributed by atoms with van der Waals surface area (Å²) >= 11 is 5.47. The first-order chi connectivity index (χ1) is 4.57. The average Bonchev–Trinajstić information content (AvgIpc) is 1.81. The summed E-state index contributed by atoms with van der Waals surface area (Å²) in [5, 5.41) is 0. The normalized spacial score (nSPS) is 12.3. The molecule has 0 heterocycles. The molecule has 2 nitrogen and oxygen atoms in total. The fourth-order valence-electron chi connectivity index (χ4n) is 0.464. The van der Waals surface area contributed by atoms with Gasteiger partial charge < -0.3 is 4.74 Å². The molecular weight excluding hydrogens is 152 g/mol. The SMILES string of the molecule is C=C(C)C(CCl)OC(C)=O. The van der Waals surface area contributed by atoms with Crippen molar-refractivity contribution in [1.82, 2.24) is 0 Å². The quantitative estimate of drug-likeness (QED) is 0.359. The minimum absolute atomic E-state index is 0.273. The summed E-state index contributed by atoms with van der Waals surface area (Å²) < 4.78 is 4.79. The smallest absolute Gasteiger partial charge is 0.303 e. The Bertz CT molecular complexity index is 143. The van der Waals surface area contributed by atoms with Gasteiger partial charge in [0.25, 0.3) is 0 Å². The predicted molar refractivity (Wildman–Crippen MR) is 41.1 cm³/mol. The summed E-state index contributed by atoms with van der Waals surface area (Å²) in [7, 11) is 0. The molecule has 0 rings (SSSR count). The number of alkyl halides is 1. The van der Waals surface area contributed by atoms with Crippen molar-refractivity contribution in [3.63, 3.8) is 0 Å². The number of carbonyl (C=O) groups is 1. The van der Waals surface area contributed by atoms with Crippen LogP contribution in [-0.4, -0.2) is 18.0 Å². The van der Waals surface area contributed by atoms with Gasteiger partial charge in [-0.1, -0.05) is 6.58 Å². The van der Waals surface area contributed by atoms with E-state index in [1.54, 1.807) is 6.92 Å². The Morgan fingerprint density at radius 2 is 2.20 bits per heavy atom. The molecule has 58 valence electrons. The van der Waals surface area contributed by atoms with Crippen LogP contribution in [0.2, 0.25) is 0 Å². The van der Waals surface area contributed by atoms with Crippen LogP contribution in [-0.2, 0) is 9.53 Å². The highest BCUT2D eigenvalue weighted by molar-refractivity contribution is 6.18. The molecule has 0 aliphatic heterocycles. The van der Waals surface area contributed by atoms with Gasteiger partial charge in [0.15, 0.2) is 0 Å². The monoisotopic (exact) mass is 162 g/mol. The molecule has 0 spiro atoms. The molecule has 0 aliphatic carbocycles. The van der Waals surface area contributed by atoms with Gasteiger partial charge in [-0.2, -0.15) is 0 Å². The van der Waals surface area contributed by atoms with E-state index in [0.717, 1.165) is 5.57 Å². The lowest BCUT2D eigenvalue weighted by Crippen LogP contribution is -2.18. The fourth-order valence-corrected chi connectivity index (χ4v) is 0.791. The van der Waals surface area contributed by atoms with E-state index in [1.165, 1.54) is 6.92 Å². The van der Waals surface area contributed by atoms with Crippen molar-refractivity contribution in [1.29, 1.82) is 0 Å². The maximum absolute atomic E-state index is 10.4. The van der Waals surface area contributed by atoms with Crippen molar-refractivity contribution >= 4 is 17.6 Å². The molecule has 0 aliphatic rings. The maximum atomic E-state index is 10.4. The van der Waals surface area contributed by atoms with E-state index in [0.29, 0.717) is 0 Å². The van der Waals surface area contributed by atoms with Gasteiger partial charge in [-0.3, -0.25) is 4.79 Å². The zero-order chi connectivity index (χ0) is 8.15. The second-order valence-corrected chi connectivity index (χ2v) is 2.41. The van der Waals surface area contributed by atoms with Gasteiger partial charge in [0.1, 0.15) is 6.10 Å². The number of rotatable bonds is 3. The molecule has 0 radical (unpaired) electrons. The van der Waals surface area contributed by atoms with E-state index in [9.17, 15) is 4.79 Å². The van der Waals surface area contributed by atoms with Crippen LogP contribution in [0.3, 0.4) is 0 Å². The standard InChI is InChI=1S/C7H11ClO2/c1-5(2)7(4-8)10-6(3)9/h7H,1,4H2,2-3H3. The van der Waals surface area contributed by atoms with E-state index >= 15 is 0 Å². The van der Waals surface area contributed by atoms with E-state index in [-0.39, 0.29) is 18.0 Å². The minimum atomic E-state index is -0.334. The molecule has 0 aromatic heterocycles. The third-order valence-electron chi connectivity index (χ3n) is 0.998. The Kier molecular flexibility index (Phi) is 4.12. The highest BCUT2D eigenvalue weighted by Gasteiger charge is 2.09. The number of carbonyl (C=O) groups excluding carboxylic acids is 1. The van der Waals surface area contributed by atoms with Gasteiger partial charge >= 0.3 is 5.97 Å². The minimum Gasteiger partial charge on any atom is -0.457 e. The van der Waals surface area contributed by atoms with Crippen LogP contribution in [0.4, 0.5) is 0 Å². The molecule has 0 bridgehead atoms. The average molecular weight is 163 g/mol. The zero-order valence-electron chi connectivity index (χ0n) is 6.19. The van der Waals surface area contributed by atoms with Crippen LogP contribution in [0, 0.1) is 0 Å². The molecule has 0 N–H and O–H groups in total. The van der Waals surface area contributed by atoms with Crippen molar-refractivity contribution in [2.75, 3.05) is 5.88 Å². The Labute approximate surface area is 65.8 Å². The lowest BCUT2D eigenvalue weighted by atomic mass is 10.2. The Morgan fingerprint density at radius 3 is 2.30 bits per heavy atom. The van der Waals surface area contributed by atoms with Crippen LogP contribution < -0.4 is 0 Å². The molecule has 0 saturated heterocycles. The zero-order valence-corrected chi connectivity index (χ0v) is 6.94. The van der Waals surface area contributed by atoms with Crippen molar-refractivity contribution in [3.8, 4) is 0 Å². The third kappa shape index (κ3) is 3.51. The van der Waals surface area contributed by atoms with Gasteiger partial charge in [-0.05, 0) is 12.5 Å². The number of halogens is 1. The first-order valence-electron chi connectivity index (χ1n) is 2.96. The molecule has 0 amide bonds. The summed E-state index contributed by atoms with van der Waals surface area (Å²) in [6.07, 6.45) is -0.334. The molecule has 0 aromatic rings. The topological polar surface area (TPSA) is 26.3 Å². The van der Waals surface area contributed by atoms with E-state index in [1.807, 2.05) is 0 Å². The predicted octanol–water partition coefficient (Wildman–Crippen LogP) is 1.73. The van der Waals surface area contributed by atoms with Gasteiger partial charge in [0.05, 0.1) is 5.88 Å². The second-order valence-electron chi connectivity index (χ2n) is 2.10. The first kappa shape index (κ1) is 9.50. The number of ether oxygens (including phenoxy) is 1. The Morgan fingerprint density at radius 1 is 1.70 bits per heavy atom. The molecule has 3 heteroatoms. The molecule has 1 atom stereocenters. The van der Waals surface area contributed by atoms with Gasteiger partial charge in [0, 0.05) is 6.92 Å². The van der Waals surface area contributed by atoms with Crippen LogP contribution in [0.25, 0.3) is 0 Å². The van der Waals surface area contributed by atoms with Crippen LogP contribution in [0.5, 0.6) is 0 Å². The van der Waals surface area contributed by atoms with Gasteiger partial charge in [0.2, 0.25) is 0 Å². The van der Waals surface area contributed by atoms with Crippen LogP contribution >= 0.6 is 11.6 Å². The van der Waals surface area contributed by atoms with Crippen molar-refractivity contribution in [3.05, 3.63) is 12.2 Å². The second kappa shape index (κ2) is 4.34. The van der Waals surface area contributed by atoms with Crippen molar-refractivity contribution in [2.24, 2.45) is 0 Å². The molecule has 0 fully saturated rings. The first-order valence-corrected chi connectivity index (χ1v) is 3.50. The summed E-state index contributed by atoms with van der Waals surface area (Å²) in [5.74, 6) is -0.0526. The summed E-state index contributed by atoms with van der Waals surface area (Å²) in [6, 6.07) is 0. The van der Waals surface area contributed by atoms with Crippen LogP contribution in [0.1, 0.15) is 13.8 Å². The van der Waals surface area contributed by atoms with Gasteiger partial charge in [-0.15, -0.1) is 11.6 Å². The lowest BCUT2D eigenvalue weighted by Gasteiger charge is -2.12. The van der Waals surface area contributed by atoms with E-state index < -0.39 is 0 Å². The largest absolute Gasteiger partial charge is 0.457 e. The van der Waals surface area contributed by atoms with E-state index in [4.69, 9.17) is 16.3 Å². The summed E-state index contributed by atoms with van der Waals surface area (Å²) in [5.41, 5.74) is 0.769. The molecule has 0 aromatic carbocycles. The number of hydrogen-bond acceptors (Lipinski definition) is 2. The highest BCUT2D eigenvalue weighted by Crippen LogP contribution is 2.05. The molecule has 1 unspecified atom stereocenters. The van der Waals surface area contributed by atoms with Crippen LogP contribution in [0.15, 0.2) is 12.2 Å². The third-order valence-corrected chi connectivity index (χ3v) is 1.28. The number of esters is 1. The molecule has 10 heavy (non-hydrogen) atoms. The highest BCUT2D eigenvalue weighted by atomic mass is 35.5. The van der Waals surface area contributed by atoms with E-state index in [2.05, 4.69) is 6.58 Å². The summed E-state index contributed by atoms with van der Waals surface area (Å²) in [4.78, 5) is 10.4. The van der Waals surface area contributed by atoms with Crippen molar-refractivity contribution in [2.45, 2.75) is 20.0 Å². The fraction of sp³-hybridized carbons (Fsp3) is 0.571. The molecule has 0 saturated carbocycles. The lowest BCUT2D eigenvalue weighted by molar-refractivity contribution is -0.143.